The van der Waals surface area contributed by atoms with Crippen LogP contribution in [0, 0.1) is 0 Å². The third kappa shape index (κ3) is 4.06. The second-order valence-electron chi connectivity index (χ2n) is 7.35. The number of hydrogen-bond acceptors (Lipinski definition) is 3. The molecule has 0 aromatic carbocycles. The van der Waals surface area contributed by atoms with Gasteiger partial charge in [0.2, 0.25) is 0 Å². The van der Waals surface area contributed by atoms with Gasteiger partial charge in [-0.05, 0) is 46.0 Å². The fourth-order valence-electron chi connectivity index (χ4n) is 2.88. The normalized spacial score (nSPS) is 22.2. The van der Waals surface area contributed by atoms with Crippen molar-refractivity contribution < 1.29 is 0 Å². The number of aromatic nitrogens is 2. The molecular weight excluding hydrogens is 248 g/mol. The Morgan fingerprint density at radius 2 is 2.05 bits per heavy atom. The molecule has 114 valence electrons. The summed E-state index contributed by atoms with van der Waals surface area (Å²) in [5.74, 6) is 0. The van der Waals surface area contributed by atoms with E-state index in [4.69, 9.17) is 0 Å². The van der Waals surface area contributed by atoms with Gasteiger partial charge < -0.3 is 4.90 Å². The Labute approximate surface area is 123 Å². The first-order valence-corrected chi connectivity index (χ1v) is 7.80. The molecule has 4 heteroatoms. The molecule has 0 amide bonds. The molecular formula is C16H30N4. The maximum Gasteiger partial charge on any atom is 0.0678 e. The van der Waals surface area contributed by atoms with Gasteiger partial charge in [0.1, 0.15) is 0 Å². The van der Waals surface area contributed by atoms with Gasteiger partial charge in [-0.3, -0.25) is 10.00 Å². The van der Waals surface area contributed by atoms with E-state index in [0.717, 1.165) is 18.3 Å². The zero-order valence-electron chi connectivity index (χ0n) is 13.7. The molecule has 1 aromatic rings. The van der Waals surface area contributed by atoms with Crippen LogP contribution in [-0.2, 0) is 12.0 Å². The van der Waals surface area contributed by atoms with Crippen LogP contribution in [0.2, 0.25) is 0 Å². The highest BCUT2D eigenvalue weighted by molar-refractivity contribution is 5.16. The predicted octanol–water partition coefficient (Wildman–Crippen LogP) is 2.62. The van der Waals surface area contributed by atoms with Crippen LogP contribution in [0.3, 0.4) is 0 Å². The first kappa shape index (κ1) is 15.5. The molecule has 1 atom stereocenters. The number of rotatable bonds is 3. The Bertz CT molecular complexity index is 416. The molecule has 1 aliphatic rings. The monoisotopic (exact) mass is 278 g/mol. The maximum absolute atomic E-state index is 4.46. The smallest absolute Gasteiger partial charge is 0.0678 e. The van der Waals surface area contributed by atoms with Crippen molar-refractivity contribution in [2.24, 2.45) is 0 Å². The van der Waals surface area contributed by atoms with Gasteiger partial charge in [-0.25, -0.2) is 0 Å². The lowest BCUT2D eigenvalue weighted by Crippen LogP contribution is -2.30. The quantitative estimate of drug-likeness (QED) is 0.923. The van der Waals surface area contributed by atoms with Gasteiger partial charge in [-0.1, -0.05) is 20.8 Å². The van der Waals surface area contributed by atoms with Crippen molar-refractivity contribution in [2.45, 2.75) is 58.0 Å². The largest absolute Gasteiger partial charge is 0.306 e. The molecule has 1 unspecified atom stereocenters. The molecule has 0 bridgehead atoms. The van der Waals surface area contributed by atoms with Crippen LogP contribution < -0.4 is 0 Å². The average molecular weight is 278 g/mol. The van der Waals surface area contributed by atoms with Gasteiger partial charge in [0.15, 0.2) is 0 Å². The van der Waals surface area contributed by atoms with Gasteiger partial charge in [0.05, 0.1) is 5.69 Å². The summed E-state index contributed by atoms with van der Waals surface area (Å²) >= 11 is 0. The van der Waals surface area contributed by atoms with Gasteiger partial charge in [-0.2, -0.15) is 5.10 Å². The first-order valence-electron chi connectivity index (χ1n) is 7.80. The van der Waals surface area contributed by atoms with Gasteiger partial charge in [0, 0.05) is 30.2 Å². The lowest BCUT2D eigenvalue weighted by Gasteiger charge is -2.23. The third-order valence-electron chi connectivity index (χ3n) is 4.31. The maximum atomic E-state index is 4.46. The summed E-state index contributed by atoms with van der Waals surface area (Å²) in [5, 5.41) is 7.67. The Kier molecular flexibility index (Phi) is 4.86. The van der Waals surface area contributed by atoms with Gasteiger partial charge in [-0.15, -0.1) is 0 Å². The van der Waals surface area contributed by atoms with E-state index in [-0.39, 0.29) is 5.41 Å². The number of aromatic amines is 1. The molecule has 0 radical (unpaired) electrons. The molecule has 2 heterocycles. The van der Waals surface area contributed by atoms with Gasteiger partial charge >= 0.3 is 0 Å². The van der Waals surface area contributed by atoms with Crippen LogP contribution in [-0.4, -0.2) is 53.2 Å². The zero-order chi connectivity index (χ0) is 14.8. The number of nitrogens with zero attached hydrogens (tertiary/aromatic N) is 3. The first-order chi connectivity index (χ1) is 9.36. The van der Waals surface area contributed by atoms with Crippen molar-refractivity contribution >= 4 is 0 Å². The average Bonchev–Trinajstić information content (AvgIpc) is 2.68. The minimum absolute atomic E-state index is 0.129. The summed E-state index contributed by atoms with van der Waals surface area (Å²) in [5.41, 5.74) is 2.54. The van der Waals surface area contributed by atoms with E-state index >= 15 is 0 Å². The number of likely N-dealkylation sites (tertiary alicyclic amines) is 1. The van der Waals surface area contributed by atoms with Crippen LogP contribution in [0.5, 0.6) is 0 Å². The Hall–Kier alpha value is -0.870. The van der Waals surface area contributed by atoms with E-state index < -0.39 is 0 Å². The standard InChI is InChI=1S/C16H30N4/c1-16(2,3)15-11-13(17-18-15)12-20-9-6-7-14(8-10-20)19(4)5/h11,14H,6-10,12H2,1-5H3,(H,17,18). The van der Waals surface area contributed by atoms with E-state index in [2.05, 4.69) is 60.9 Å². The van der Waals surface area contributed by atoms with Crippen molar-refractivity contribution in [1.29, 1.82) is 0 Å². The molecule has 1 fully saturated rings. The Morgan fingerprint density at radius 3 is 2.65 bits per heavy atom. The molecule has 0 saturated carbocycles. The van der Waals surface area contributed by atoms with Crippen molar-refractivity contribution in [3.8, 4) is 0 Å². The molecule has 1 N–H and O–H groups in total. The summed E-state index contributed by atoms with van der Waals surface area (Å²) in [6.45, 7) is 10.0. The predicted molar refractivity (Wildman–Crippen MR) is 83.9 cm³/mol. The summed E-state index contributed by atoms with van der Waals surface area (Å²) in [6, 6.07) is 2.97. The highest BCUT2D eigenvalue weighted by Crippen LogP contribution is 2.21. The second-order valence-corrected chi connectivity index (χ2v) is 7.35. The van der Waals surface area contributed by atoms with E-state index in [0.29, 0.717) is 0 Å². The van der Waals surface area contributed by atoms with Gasteiger partial charge in [0.25, 0.3) is 0 Å². The molecule has 1 aliphatic heterocycles. The molecule has 1 saturated heterocycles. The summed E-state index contributed by atoms with van der Waals surface area (Å²) in [4.78, 5) is 4.93. The van der Waals surface area contributed by atoms with Crippen LogP contribution in [0.25, 0.3) is 0 Å². The van der Waals surface area contributed by atoms with Crippen LogP contribution in [0.1, 0.15) is 51.4 Å². The summed E-state index contributed by atoms with van der Waals surface area (Å²) in [6.07, 6.45) is 3.89. The fraction of sp³-hybridized carbons (Fsp3) is 0.812. The topological polar surface area (TPSA) is 35.2 Å². The van der Waals surface area contributed by atoms with E-state index in [1.807, 2.05) is 0 Å². The molecule has 0 spiro atoms. The number of H-pyrrole nitrogens is 1. The lowest BCUT2D eigenvalue weighted by molar-refractivity contribution is 0.244. The Balaban J connectivity index is 1.92. The minimum Gasteiger partial charge on any atom is -0.306 e. The van der Waals surface area contributed by atoms with Crippen molar-refractivity contribution in [1.82, 2.24) is 20.0 Å². The lowest BCUT2D eigenvalue weighted by atomic mass is 9.92. The zero-order valence-corrected chi connectivity index (χ0v) is 13.7. The third-order valence-corrected chi connectivity index (χ3v) is 4.31. The van der Waals surface area contributed by atoms with Crippen LogP contribution >= 0.6 is 0 Å². The van der Waals surface area contributed by atoms with Crippen molar-refractivity contribution in [2.75, 3.05) is 27.2 Å². The summed E-state index contributed by atoms with van der Waals surface area (Å²) in [7, 11) is 4.40. The van der Waals surface area contributed by atoms with E-state index in [1.54, 1.807) is 0 Å². The van der Waals surface area contributed by atoms with Crippen LogP contribution in [0.15, 0.2) is 6.07 Å². The second kappa shape index (κ2) is 6.27. The fourth-order valence-corrected chi connectivity index (χ4v) is 2.88. The summed E-state index contributed by atoms with van der Waals surface area (Å²) < 4.78 is 0. The highest BCUT2D eigenvalue weighted by Gasteiger charge is 2.21. The molecule has 4 nitrogen and oxygen atoms in total. The SMILES string of the molecule is CN(C)C1CCCN(Cc2cc(C(C)(C)C)n[nH]2)CC1. The number of hydrogen-bond donors (Lipinski definition) is 1. The molecule has 0 aliphatic carbocycles. The Morgan fingerprint density at radius 1 is 1.30 bits per heavy atom. The van der Waals surface area contributed by atoms with E-state index in [9.17, 15) is 0 Å². The highest BCUT2D eigenvalue weighted by atomic mass is 15.2. The number of nitrogens with one attached hydrogen (secondary N) is 1. The molecule has 1 aromatic heterocycles. The molecule has 2 rings (SSSR count). The molecule has 20 heavy (non-hydrogen) atoms. The van der Waals surface area contributed by atoms with Crippen LogP contribution in [0.4, 0.5) is 0 Å². The minimum atomic E-state index is 0.129. The van der Waals surface area contributed by atoms with E-state index in [1.165, 1.54) is 38.0 Å². The van der Waals surface area contributed by atoms with Crippen molar-refractivity contribution in [3.05, 3.63) is 17.5 Å². The van der Waals surface area contributed by atoms with Crippen molar-refractivity contribution in [3.63, 3.8) is 0 Å².